The number of rotatable bonds is 5. The molecule has 0 saturated carbocycles. The fourth-order valence-corrected chi connectivity index (χ4v) is 3.08. The summed E-state index contributed by atoms with van der Waals surface area (Å²) in [5.74, 6) is -0.484. The number of pyridine rings is 1. The minimum Gasteiger partial charge on any atom is -0.493 e. The molecule has 0 spiro atoms. The fraction of sp³-hybridized carbons (Fsp3) is 0.300. The van der Waals surface area contributed by atoms with Crippen molar-refractivity contribution < 1.29 is 22.7 Å². The Kier molecular flexibility index (Phi) is 5.87. The lowest BCUT2D eigenvalue weighted by atomic mass is 10.2. The minimum absolute atomic E-state index is 0.0614. The van der Waals surface area contributed by atoms with E-state index in [9.17, 15) is 27.6 Å². The molecular formula is C20H19F3N4O4. The van der Waals surface area contributed by atoms with Gasteiger partial charge in [0.15, 0.2) is 5.65 Å². The molecule has 0 aliphatic heterocycles. The molecule has 0 atom stereocenters. The summed E-state index contributed by atoms with van der Waals surface area (Å²) in [5.41, 5.74) is -1.58. The third kappa shape index (κ3) is 4.30. The minimum atomic E-state index is -4.50. The summed E-state index contributed by atoms with van der Waals surface area (Å²) in [4.78, 5) is 42.2. The maximum atomic E-state index is 13.0. The van der Waals surface area contributed by atoms with Crippen molar-refractivity contribution in [1.29, 1.82) is 0 Å². The second kappa shape index (κ2) is 8.25. The fourth-order valence-electron chi connectivity index (χ4n) is 3.08. The highest BCUT2D eigenvalue weighted by Gasteiger charge is 2.30. The smallest absolute Gasteiger partial charge is 0.416 e. The summed E-state index contributed by atoms with van der Waals surface area (Å²) in [7, 11) is 1.41. The molecule has 3 aromatic rings. The van der Waals surface area contributed by atoms with Gasteiger partial charge in [0.1, 0.15) is 17.7 Å². The Morgan fingerprint density at radius 3 is 2.42 bits per heavy atom. The molecule has 2 aromatic heterocycles. The van der Waals surface area contributed by atoms with E-state index in [0.717, 1.165) is 33.4 Å². The number of fused-ring (bicyclic) bond motifs is 1. The van der Waals surface area contributed by atoms with Gasteiger partial charge in [0.2, 0.25) is 5.91 Å². The van der Waals surface area contributed by atoms with Crippen molar-refractivity contribution in [3.63, 3.8) is 0 Å². The van der Waals surface area contributed by atoms with Crippen LogP contribution in [-0.4, -0.2) is 26.6 Å². The van der Waals surface area contributed by atoms with E-state index in [-0.39, 0.29) is 29.1 Å². The van der Waals surface area contributed by atoms with Crippen molar-refractivity contribution >= 4 is 22.6 Å². The Morgan fingerprint density at radius 1 is 1.19 bits per heavy atom. The summed E-state index contributed by atoms with van der Waals surface area (Å²) in [6, 6.07) is 3.81. The first-order chi connectivity index (χ1) is 14.5. The number of hydrogen-bond acceptors (Lipinski definition) is 5. The number of nitrogens with zero attached hydrogens (tertiary/aromatic N) is 3. The van der Waals surface area contributed by atoms with Crippen molar-refractivity contribution in [3.05, 3.63) is 62.4 Å². The number of carbonyl (C=O) groups excluding carboxylic acids is 1. The van der Waals surface area contributed by atoms with Crippen LogP contribution in [0, 0.1) is 6.92 Å². The predicted molar refractivity (Wildman–Crippen MR) is 107 cm³/mol. The van der Waals surface area contributed by atoms with Gasteiger partial charge in [0.25, 0.3) is 5.56 Å². The first kappa shape index (κ1) is 22.1. The molecular weight excluding hydrogens is 417 g/mol. The number of halogens is 3. The summed E-state index contributed by atoms with van der Waals surface area (Å²) in [6.07, 6.45) is -3.02. The third-order valence-corrected chi connectivity index (χ3v) is 4.57. The van der Waals surface area contributed by atoms with Crippen molar-refractivity contribution in [1.82, 2.24) is 14.1 Å². The van der Waals surface area contributed by atoms with E-state index in [1.165, 1.54) is 13.2 Å². The normalized spacial score (nSPS) is 11.5. The van der Waals surface area contributed by atoms with Gasteiger partial charge in [0, 0.05) is 24.5 Å². The number of aromatic nitrogens is 3. The van der Waals surface area contributed by atoms with E-state index in [4.69, 9.17) is 4.74 Å². The van der Waals surface area contributed by atoms with Crippen LogP contribution in [0.25, 0.3) is 11.0 Å². The van der Waals surface area contributed by atoms with Crippen LogP contribution in [0.5, 0.6) is 5.75 Å². The highest BCUT2D eigenvalue weighted by Crippen LogP contribution is 2.29. The molecule has 1 N–H and O–H groups in total. The van der Waals surface area contributed by atoms with Crippen molar-refractivity contribution in [2.24, 2.45) is 7.05 Å². The summed E-state index contributed by atoms with van der Waals surface area (Å²) in [6.45, 7) is 3.08. The van der Waals surface area contributed by atoms with Crippen LogP contribution in [-0.2, 0) is 24.6 Å². The van der Waals surface area contributed by atoms with Crippen LogP contribution >= 0.6 is 0 Å². The number of hydrogen-bond donors (Lipinski definition) is 1. The molecule has 2 heterocycles. The van der Waals surface area contributed by atoms with Crippen LogP contribution in [0.4, 0.5) is 18.9 Å². The maximum absolute atomic E-state index is 13.0. The average Bonchev–Trinajstić information content (AvgIpc) is 2.71. The molecule has 0 saturated heterocycles. The quantitative estimate of drug-likeness (QED) is 0.663. The first-order valence-corrected chi connectivity index (χ1v) is 9.23. The molecule has 8 nitrogen and oxygen atoms in total. The van der Waals surface area contributed by atoms with Gasteiger partial charge in [-0.1, -0.05) is 0 Å². The lowest BCUT2D eigenvalue weighted by molar-refractivity contribution is -0.137. The molecule has 11 heteroatoms. The molecule has 0 aliphatic carbocycles. The molecule has 3 rings (SSSR count). The van der Waals surface area contributed by atoms with Gasteiger partial charge in [-0.25, -0.2) is 14.3 Å². The van der Waals surface area contributed by atoms with Crippen LogP contribution < -0.4 is 21.3 Å². The zero-order valence-electron chi connectivity index (χ0n) is 16.9. The van der Waals surface area contributed by atoms with Crippen molar-refractivity contribution in [2.75, 3.05) is 11.9 Å². The summed E-state index contributed by atoms with van der Waals surface area (Å²) >= 11 is 0. The van der Waals surface area contributed by atoms with Gasteiger partial charge in [-0.2, -0.15) is 13.2 Å². The SMILES string of the molecule is CCOc1c(C)cnc2c1c(=O)n(CC(=O)Nc1ccc(C(F)(F)F)cc1)c(=O)n2C. The Bertz CT molecular complexity index is 1260. The second-order valence-corrected chi connectivity index (χ2v) is 6.76. The van der Waals surface area contributed by atoms with E-state index in [2.05, 4.69) is 10.3 Å². The molecule has 0 aliphatic rings. The largest absolute Gasteiger partial charge is 0.493 e. The molecule has 31 heavy (non-hydrogen) atoms. The molecule has 1 aromatic carbocycles. The molecule has 164 valence electrons. The van der Waals surface area contributed by atoms with Gasteiger partial charge >= 0.3 is 11.9 Å². The highest BCUT2D eigenvalue weighted by atomic mass is 19.4. The van der Waals surface area contributed by atoms with Gasteiger partial charge in [0.05, 0.1) is 12.2 Å². The topological polar surface area (TPSA) is 95.2 Å². The van der Waals surface area contributed by atoms with Gasteiger partial charge in [-0.05, 0) is 38.1 Å². The molecule has 0 fully saturated rings. The third-order valence-electron chi connectivity index (χ3n) is 4.57. The summed E-state index contributed by atoms with van der Waals surface area (Å²) < 4.78 is 45.4. The maximum Gasteiger partial charge on any atom is 0.416 e. The molecule has 1 amide bonds. The van der Waals surface area contributed by atoms with Crippen molar-refractivity contribution in [2.45, 2.75) is 26.6 Å². The van der Waals surface area contributed by atoms with E-state index in [0.29, 0.717) is 5.56 Å². The number of nitrogens with one attached hydrogen (secondary N) is 1. The highest BCUT2D eigenvalue weighted by molar-refractivity contribution is 5.91. The van der Waals surface area contributed by atoms with Gasteiger partial charge < -0.3 is 10.1 Å². The van der Waals surface area contributed by atoms with E-state index < -0.39 is 35.4 Å². The van der Waals surface area contributed by atoms with Gasteiger partial charge in [-0.15, -0.1) is 0 Å². The molecule has 0 radical (unpaired) electrons. The second-order valence-electron chi connectivity index (χ2n) is 6.76. The number of alkyl halides is 3. The standard InChI is InChI=1S/C20H19F3N4O4/c1-4-31-16-11(2)9-24-17-15(16)18(29)27(19(30)26(17)3)10-14(28)25-13-7-5-12(6-8-13)20(21,22)23/h5-9H,4,10H2,1-3H3,(H,25,28). The van der Waals surface area contributed by atoms with E-state index in [1.54, 1.807) is 13.8 Å². The molecule has 0 unspecified atom stereocenters. The van der Waals surface area contributed by atoms with Crippen LogP contribution in [0.15, 0.2) is 40.1 Å². The molecule has 0 bridgehead atoms. The van der Waals surface area contributed by atoms with E-state index >= 15 is 0 Å². The average molecular weight is 436 g/mol. The van der Waals surface area contributed by atoms with Gasteiger partial charge in [-0.3, -0.25) is 14.2 Å². The van der Waals surface area contributed by atoms with E-state index in [1.807, 2.05) is 0 Å². The predicted octanol–water partition coefficient (Wildman–Crippen LogP) is 2.46. The Hall–Kier alpha value is -3.63. The lowest BCUT2D eigenvalue weighted by Gasteiger charge is -2.14. The summed E-state index contributed by atoms with van der Waals surface area (Å²) in [5, 5.41) is 2.44. The number of amides is 1. The first-order valence-electron chi connectivity index (χ1n) is 9.23. The van der Waals surface area contributed by atoms with Crippen molar-refractivity contribution in [3.8, 4) is 5.75 Å². The zero-order valence-corrected chi connectivity index (χ0v) is 16.9. The number of anilines is 1. The lowest BCUT2D eigenvalue weighted by Crippen LogP contribution is -2.42. The van der Waals surface area contributed by atoms with Crippen LogP contribution in [0.1, 0.15) is 18.1 Å². The number of ether oxygens (including phenoxy) is 1. The Labute approximate surface area is 173 Å². The zero-order chi connectivity index (χ0) is 22.9. The monoisotopic (exact) mass is 436 g/mol. The van der Waals surface area contributed by atoms with Crippen LogP contribution in [0.3, 0.4) is 0 Å². The number of benzene rings is 1. The Morgan fingerprint density at radius 2 is 1.84 bits per heavy atom. The van der Waals surface area contributed by atoms with Crippen LogP contribution in [0.2, 0.25) is 0 Å². The number of aryl methyl sites for hydroxylation is 2. The number of carbonyl (C=O) groups is 1. The Balaban J connectivity index is 1.97.